The number of hydrogen-bond acceptors (Lipinski definition) is 0. The maximum absolute atomic E-state index is 6.41. The summed E-state index contributed by atoms with van der Waals surface area (Å²) in [7, 11) is 0. The molecule has 0 saturated heterocycles. The van der Waals surface area contributed by atoms with Gasteiger partial charge in [0.05, 0.1) is 0 Å². The van der Waals surface area contributed by atoms with Gasteiger partial charge in [0, 0.05) is 5.38 Å². The predicted molar refractivity (Wildman–Crippen MR) is 79.3 cm³/mol. The van der Waals surface area contributed by atoms with E-state index in [0.717, 1.165) is 19.3 Å². The van der Waals surface area contributed by atoms with E-state index in [1.54, 1.807) is 0 Å². The average Bonchev–Trinajstić information content (AvgIpc) is 2.40. The Morgan fingerprint density at radius 2 is 1.56 bits per heavy atom. The van der Waals surface area contributed by atoms with Crippen molar-refractivity contribution in [2.45, 2.75) is 31.6 Å². The van der Waals surface area contributed by atoms with Gasteiger partial charge >= 0.3 is 0 Å². The van der Waals surface area contributed by atoms with Crippen molar-refractivity contribution in [2.75, 3.05) is 0 Å². The van der Waals surface area contributed by atoms with Crippen LogP contribution in [0.2, 0.25) is 0 Å². The van der Waals surface area contributed by atoms with Crippen molar-refractivity contribution in [2.24, 2.45) is 0 Å². The molecule has 0 aliphatic heterocycles. The van der Waals surface area contributed by atoms with Crippen LogP contribution in [0.1, 0.15) is 23.1 Å². The molecule has 1 unspecified atom stereocenters. The number of halogens is 1. The smallest absolute Gasteiger partial charge is 0.0379 e. The molecule has 1 heteroatoms. The minimum absolute atomic E-state index is 0.216. The molecule has 0 heterocycles. The Hall–Kier alpha value is -1.27. The molecule has 0 saturated carbocycles. The van der Waals surface area contributed by atoms with Crippen molar-refractivity contribution in [1.82, 2.24) is 0 Å². The summed E-state index contributed by atoms with van der Waals surface area (Å²) >= 11 is 6.41. The molecule has 0 aromatic heterocycles. The Morgan fingerprint density at radius 1 is 0.889 bits per heavy atom. The van der Waals surface area contributed by atoms with E-state index >= 15 is 0 Å². The fourth-order valence-electron chi connectivity index (χ4n) is 2.05. The second-order valence-electron chi connectivity index (χ2n) is 4.81. The normalized spacial score (nSPS) is 12.3. The van der Waals surface area contributed by atoms with Gasteiger partial charge in [0.25, 0.3) is 0 Å². The van der Waals surface area contributed by atoms with E-state index in [2.05, 4.69) is 55.5 Å². The molecular weight excluding hydrogens is 240 g/mol. The van der Waals surface area contributed by atoms with Crippen LogP contribution in [0.25, 0.3) is 0 Å². The first-order chi connectivity index (χ1) is 8.74. The number of aryl methyl sites for hydroxylation is 2. The lowest BCUT2D eigenvalue weighted by molar-refractivity contribution is 0.743. The lowest BCUT2D eigenvalue weighted by atomic mass is 10.0. The van der Waals surface area contributed by atoms with E-state index < -0.39 is 0 Å². The van der Waals surface area contributed by atoms with Crippen LogP contribution >= 0.6 is 11.6 Å². The Balaban J connectivity index is 1.82. The predicted octanol–water partition coefficient (Wildman–Crippen LogP) is 4.78. The monoisotopic (exact) mass is 258 g/mol. The fourth-order valence-corrected chi connectivity index (χ4v) is 2.34. The SMILES string of the molecule is Cc1ccc(CC(Cl)CCc2ccccc2)cc1. The van der Waals surface area contributed by atoms with Crippen LogP contribution in [0, 0.1) is 6.92 Å². The van der Waals surface area contributed by atoms with Crippen LogP contribution in [-0.4, -0.2) is 5.38 Å². The largest absolute Gasteiger partial charge is 0.123 e. The maximum atomic E-state index is 6.41. The highest BCUT2D eigenvalue weighted by Crippen LogP contribution is 2.15. The molecule has 0 aliphatic carbocycles. The van der Waals surface area contributed by atoms with Crippen LogP contribution in [0.15, 0.2) is 54.6 Å². The zero-order valence-corrected chi connectivity index (χ0v) is 11.5. The summed E-state index contributed by atoms with van der Waals surface area (Å²) in [6.45, 7) is 2.11. The molecule has 2 aromatic carbocycles. The summed E-state index contributed by atoms with van der Waals surface area (Å²) in [6, 6.07) is 19.2. The van der Waals surface area contributed by atoms with Gasteiger partial charge in [-0.25, -0.2) is 0 Å². The van der Waals surface area contributed by atoms with Crippen molar-refractivity contribution in [3.05, 3.63) is 71.3 Å². The van der Waals surface area contributed by atoms with Gasteiger partial charge in [-0.15, -0.1) is 11.6 Å². The van der Waals surface area contributed by atoms with E-state index in [1.807, 2.05) is 6.07 Å². The van der Waals surface area contributed by atoms with Gasteiger partial charge in [-0.3, -0.25) is 0 Å². The molecule has 18 heavy (non-hydrogen) atoms. The lowest BCUT2D eigenvalue weighted by Crippen LogP contribution is -2.05. The molecule has 0 fully saturated rings. The first-order valence-corrected chi connectivity index (χ1v) is 6.91. The van der Waals surface area contributed by atoms with Crippen LogP contribution < -0.4 is 0 Å². The first kappa shape index (κ1) is 13.2. The molecule has 1 atom stereocenters. The first-order valence-electron chi connectivity index (χ1n) is 6.47. The fraction of sp³-hybridized carbons (Fsp3) is 0.294. The van der Waals surface area contributed by atoms with E-state index in [9.17, 15) is 0 Å². The molecule has 0 nitrogen and oxygen atoms in total. The second-order valence-corrected chi connectivity index (χ2v) is 5.43. The van der Waals surface area contributed by atoms with Gasteiger partial charge in [0.2, 0.25) is 0 Å². The zero-order valence-electron chi connectivity index (χ0n) is 10.8. The lowest BCUT2D eigenvalue weighted by Gasteiger charge is -2.09. The molecule has 0 aliphatic rings. The zero-order chi connectivity index (χ0) is 12.8. The van der Waals surface area contributed by atoms with Crippen LogP contribution in [0.4, 0.5) is 0 Å². The van der Waals surface area contributed by atoms with Crippen molar-refractivity contribution >= 4 is 11.6 Å². The minimum atomic E-state index is 0.216. The molecule has 0 spiro atoms. The standard InChI is InChI=1S/C17H19Cl/c1-14-7-9-16(10-8-14)13-17(18)12-11-15-5-3-2-4-6-15/h2-10,17H,11-13H2,1H3. The molecule has 2 aromatic rings. The van der Waals surface area contributed by atoms with Gasteiger partial charge in [-0.1, -0.05) is 60.2 Å². The summed E-state index contributed by atoms with van der Waals surface area (Å²) in [6.07, 6.45) is 3.04. The van der Waals surface area contributed by atoms with Crippen molar-refractivity contribution in [3.8, 4) is 0 Å². The van der Waals surface area contributed by atoms with E-state index in [4.69, 9.17) is 11.6 Å². The minimum Gasteiger partial charge on any atom is -0.123 e. The van der Waals surface area contributed by atoms with Gasteiger partial charge in [-0.2, -0.15) is 0 Å². The number of benzene rings is 2. The quantitative estimate of drug-likeness (QED) is 0.677. The summed E-state index contributed by atoms with van der Waals surface area (Å²) in [5.41, 5.74) is 4.00. The molecule has 0 radical (unpaired) electrons. The molecule has 0 amide bonds. The highest BCUT2D eigenvalue weighted by atomic mass is 35.5. The highest BCUT2D eigenvalue weighted by molar-refractivity contribution is 6.20. The van der Waals surface area contributed by atoms with Crippen molar-refractivity contribution in [3.63, 3.8) is 0 Å². The number of rotatable bonds is 5. The van der Waals surface area contributed by atoms with Crippen LogP contribution in [0.5, 0.6) is 0 Å². The Kier molecular flexibility index (Phi) is 4.83. The third-order valence-corrected chi connectivity index (χ3v) is 3.54. The van der Waals surface area contributed by atoms with Gasteiger partial charge in [-0.05, 0) is 37.3 Å². The molecule has 2 rings (SSSR count). The highest BCUT2D eigenvalue weighted by Gasteiger charge is 2.06. The van der Waals surface area contributed by atoms with Crippen LogP contribution in [0.3, 0.4) is 0 Å². The van der Waals surface area contributed by atoms with E-state index in [1.165, 1.54) is 16.7 Å². The Bertz CT molecular complexity index is 459. The van der Waals surface area contributed by atoms with E-state index in [-0.39, 0.29) is 5.38 Å². The molecule has 0 N–H and O–H groups in total. The van der Waals surface area contributed by atoms with E-state index in [0.29, 0.717) is 0 Å². The molecule has 94 valence electrons. The van der Waals surface area contributed by atoms with Crippen LogP contribution in [-0.2, 0) is 12.8 Å². The molecule has 0 bridgehead atoms. The van der Waals surface area contributed by atoms with Gasteiger partial charge in [0.1, 0.15) is 0 Å². The van der Waals surface area contributed by atoms with Crippen molar-refractivity contribution in [1.29, 1.82) is 0 Å². The summed E-state index contributed by atoms with van der Waals surface area (Å²) in [5.74, 6) is 0. The number of hydrogen-bond donors (Lipinski definition) is 0. The van der Waals surface area contributed by atoms with Gasteiger partial charge < -0.3 is 0 Å². The summed E-state index contributed by atoms with van der Waals surface area (Å²) < 4.78 is 0. The summed E-state index contributed by atoms with van der Waals surface area (Å²) in [5, 5.41) is 0.216. The Labute approximate surface area is 115 Å². The van der Waals surface area contributed by atoms with Crippen molar-refractivity contribution < 1.29 is 0 Å². The average molecular weight is 259 g/mol. The summed E-state index contributed by atoms with van der Waals surface area (Å²) in [4.78, 5) is 0. The molecular formula is C17H19Cl. The third kappa shape index (κ3) is 4.19. The maximum Gasteiger partial charge on any atom is 0.0379 e. The Morgan fingerprint density at radius 3 is 2.22 bits per heavy atom. The second kappa shape index (κ2) is 6.61. The third-order valence-electron chi connectivity index (χ3n) is 3.17. The topological polar surface area (TPSA) is 0 Å². The van der Waals surface area contributed by atoms with Gasteiger partial charge in [0.15, 0.2) is 0 Å². The number of alkyl halides is 1.